The summed E-state index contributed by atoms with van der Waals surface area (Å²) in [5.74, 6) is -2.84. The van der Waals surface area contributed by atoms with Crippen molar-refractivity contribution in [2.45, 2.75) is 6.04 Å². The van der Waals surface area contributed by atoms with Crippen LogP contribution in [0, 0.1) is 5.82 Å². The van der Waals surface area contributed by atoms with Gasteiger partial charge in [-0.1, -0.05) is 12.1 Å². The molecule has 3 N–H and O–H groups in total. The Morgan fingerprint density at radius 2 is 1.93 bits per heavy atom. The maximum atomic E-state index is 14.2. The van der Waals surface area contributed by atoms with Crippen LogP contribution in [0.15, 0.2) is 48.0 Å². The topological polar surface area (TPSA) is 91.5 Å². The van der Waals surface area contributed by atoms with Gasteiger partial charge < -0.3 is 24.7 Å². The highest BCUT2D eigenvalue weighted by Crippen LogP contribution is 2.40. The number of hydrogen-bond donors (Lipinski definition) is 3. The van der Waals surface area contributed by atoms with Gasteiger partial charge in [0, 0.05) is 5.56 Å². The van der Waals surface area contributed by atoms with Crippen LogP contribution in [-0.4, -0.2) is 61.1 Å². The molecule has 0 aromatic heterocycles. The van der Waals surface area contributed by atoms with Crippen molar-refractivity contribution in [1.82, 2.24) is 4.90 Å². The summed E-state index contributed by atoms with van der Waals surface area (Å²) in [6.45, 7) is 0.834. The number of aromatic hydroxyl groups is 1. The number of likely N-dealkylation sites (N-methyl/N-ethyl adjacent to an activating group) is 1. The number of amides is 1. The van der Waals surface area contributed by atoms with Crippen molar-refractivity contribution in [2.75, 3.05) is 34.3 Å². The van der Waals surface area contributed by atoms with Crippen molar-refractivity contribution in [2.24, 2.45) is 0 Å². The van der Waals surface area contributed by atoms with Gasteiger partial charge in [0.05, 0.1) is 45.9 Å². The number of carbonyl (C=O) groups is 2. The molecule has 0 unspecified atom stereocenters. The fourth-order valence-electron chi connectivity index (χ4n) is 3.47. The lowest BCUT2D eigenvalue weighted by molar-refractivity contribution is -0.857. The first-order chi connectivity index (χ1) is 14.2. The number of aliphatic hydroxyl groups excluding tert-OH is 1. The lowest BCUT2D eigenvalue weighted by Gasteiger charge is -2.25. The van der Waals surface area contributed by atoms with E-state index in [4.69, 9.17) is 4.74 Å². The Morgan fingerprint density at radius 3 is 2.53 bits per heavy atom. The number of carbonyl (C=O) groups excluding carboxylic acids is 2. The van der Waals surface area contributed by atoms with Crippen LogP contribution in [0.4, 0.5) is 4.39 Å². The van der Waals surface area contributed by atoms with E-state index in [2.05, 4.69) is 0 Å². The van der Waals surface area contributed by atoms with Gasteiger partial charge in [0.2, 0.25) is 0 Å². The summed E-state index contributed by atoms with van der Waals surface area (Å²) in [5.41, 5.74) is 0.372. The third kappa shape index (κ3) is 3.99. The number of rotatable bonds is 6. The van der Waals surface area contributed by atoms with Gasteiger partial charge in [-0.05, 0) is 35.9 Å². The fraction of sp³-hybridized carbons (Fsp3) is 0.273. The Kier molecular flexibility index (Phi) is 6.07. The summed E-state index contributed by atoms with van der Waals surface area (Å²) < 4.78 is 19.1. The molecule has 2 aromatic carbocycles. The van der Waals surface area contributed by atoms with Gasteiger partial charge >= 0.3 is 0 Å². The molecule has 0 bridgehead atoms. The second-order valence-corrected chi connectivity index (χ2v) is 7.39. The van der Waals surface area contributed by atoms with E-state index in [1.807, 2.05) is 14.1 Å². The molecule has 1 amide bonds. The van der Waals surface area contributed by atoms with Gasteiger partial charge in [-0.15, -0.1) is 0 Å². The number of methoxy groups -OCH3 is 1. The number of quaternary nitrogens is 1. The predicted molar refractivity (Wildman–Crippen MR) is 108 cm³/mol. The average Bonchev–Trinajstić information content (AvgIpc) is 2.96. The molecule has 7 nitrogen and oxygen atoms in total. The summed E-state index contributed by atoms with van der Waals surface area (Å²) in [5, 5.41) is 20.8. The zero-order valence-electron chi connectivity index (χ0n) is 17.0. The summed E-state index contributed by atoms with van der Waals surface area (Å²) in [4.78, 5) is 28.1. The molecule has 1 saturated heterocycles. The first kappa shape index (κ1) is 21.3. The number of halogens is 1. The minimum absolute atomic E-state index is 0.00880. The molecular formula is C22H24FN2O5+. The van der Waals surface area contributed by atoms with Gasteiger partial charge in [0.25, 0.3) is 11.7 Å². The number of ketones is 1. The smallest absolute Gasteiger partial charge is 0.295 e. The van der Waals surface area contributed by atoms with E-state index < -0.39 is 29.3 Å². The minimum atomic E-state index is -0.901. The molecular weight excluding hydrogens is 391 g/mol. The number of ether oxygens (including phenoxy) is 1. The van der Waals surface area contributed by atoms with Gasteiger partial charge in [-0.2, -0.15) is 0 Å². The number of hydrogen-bond acceptors (Lipinski definition) is 5. The molecule has 158 valence electrons. The molecule has 0 aliphatic carbocycles. The summed E-state index contributed by atoms with van der Waals surface area (Å²) in [6.07, 6.45) is 0. The molecule has 0 radical (unpaired) electrons. The lowest BCUT2D eigenvalue weighted by atomic mass is 9.95. The Hall–Kier alpha value is -3.39. The SMILES string of the molecule is COc1ccc(C(O)=C2C(=O)C(=O)N(CC[NH+](C)C)[C@H]2c2cccc(O)c2)cc1F. The van der Waals surface area contributed by atoms with E-state index >= 15 is 0 Å². The van der Waals surface area contributed by atoms with E-state index in [1.165, 1.54) is 36.3 Å². The average molecular weight is 415 g/mol. The van der Waals surface area contributed by atoms with E-state index in [0.717, 1.165) is 11.0 Å². The van der Waals surface area contributed by atoms with E-state index in [-0.39, 0.29) is 29.2 Å². The van der Waals surface area contributed by atoms with Crippen molar-refractivity contribution in [1.29, 1.82) is 0 Å². The van der Waals surface area contributed by atoms with Crippen LogP contribution >= 0.6 is 0 Å². The number of phenols is 1. The van der Waals surface area contributed by atoms with Crippen LogP contribution in [0.3, 0.4) is 0 Å². The monoisotopic (exact) mass is 415 g/mol. The van der Waals surface area contributed by atoms with Crippen molar-refractivity contribution >= 4 is 17.4 Å². The number of likely N-dealkylation sites (tertiary alicyclic amines) is 1. The second-order valence-electron chi connectivity index (χ2n) is 7.39. The molecule has 1 aliphatic heterocycles. The zero-order chi connectivity index (χ0) is 22.0. The van der Waals surface area contributed by atoms with E-state index in [9.17, 15) is 24.2 Å². The van der Waals surface area contributed by atoms with Gasteiger partial charge in [-0.3, -0.25) is 9.59 Å². The molecule has 3 rings (SSSR count). The number of phenolic OH excluding ortho intramolecular Hbond substituents is 1. The number of Topliss-reactive ketones (excluding diaryl/α,β-unsaturated/α-hetero) is 1. The zero-order valence-corrected chi connectivity index (χ0v) is 17.0. The Morgan fingerprint density at radius 1 is 1.20 bits per heavy atom. The maximum absolute atomic E-state index is 14.2. The number of nitrogens with zero attached hydrogens (tertiary/aromatic N) is 1. The highest BCUT2D eigenvalue weighted by Gasteiger charge is 2.46. The standard InChI is InChI=1S/C22H23FN2O5/c1-24(2)9-10-25-19(13-5-4-6-15(26)11-13)18(21(28)22(25)29)20(27)14-7-8-17(30-3)16(23)12-14/h4-8,11-12,19,26-27H,9-10H2,1-3H3/p+1/t19-/m0/s1. The largest absolute Gasteiger partial charge is 0.508 e. The van der Waals surface area contributed by atoms with Crippen molar-refractivity contribution < 1.29 is 33.8 Å². The second kappa shape index (κ2) is 8.54. The van der Waals surface area contributed by atoms with Gasteiger partial charge in [-0.25, -0.2) is 4.39 Å². The van der Waals surface area contributed by atoms with Crippen LogP contribution in [0.25, 0.3) is 5.76 Å². The summed E-state index contributed by atoms with van der Waals surface area (Å²) in [7, 11) is 5.15. The fourth-order valence-corrected chi connectivity index (χ4v) is 3.47. The summed E-state index contributed by atoms with van der Waals surface area (Å²) in [6, 6.07) is 9.05. The highest BCUT2D eigenvalue weighted by atomic mass is 19.1. The molecule has 2 aromatic rings. The number of aliphatic hydroxyl groups is 1. The molecule has 30 heavy (non-hydrogen) atoms. The van der Waals surface area contributed by atoms with Gasteiger partial charge in [0.1, 0.15) is 11.5 Å². The molecule has 0 saturated carbocycles. The van der Waals surface area contributed by atoms with Crippen LogP contribution < -0.4 is 9.64 Å². The Bertz CT molecular complexity index is 1020. The van der Waals surface area contributed by atoms with Gasteiger partial charge in [0.15, 0.2) is 11.6 Å². The molecule has 1 heterocycles. The predicted octanol–water partition coefficient (Wildman–Crippen LogP) is 1.11. The molecule has 1 fully saturated rings. The summed E-state index contributed by atoms with van der Waals surface area (Å²) >= 11 is 0. The first-order valence-corrected chi connectivity index (χ1v) is 9.45. The molecule has 1 aliphatic rings. The minimum Gasteiger partial charge on any atom is -0.508 e. The number of nitrogens with one attached hydrogen (secondary N) is 1. The maximum Gasteiger partial charge on any atom is 0.295 e. The third-order valence-corrected chi connectivity index (χ3v) is 5.00. The highest BCUT2D eigenvalue weighted by molar-refractivity contribution is 6.46. The normalized spacial score (nSPS) is 18.3. The Labute approximate surface area is 173 Å². The molecule has 1 atom stereocenters. The first-order valence-electron chi connectivity index (χ1n) is 9.45. The van der Waals surface area contributed by atoms with Crippen LogP contribution in [0.5, 0.6) is 11.5 Å². The van der Waals surface area contributed by atoms with Crippen LogP contribution in [0.2, 0.25) is 0 Å². The van der Waals surface area contributed by atoms with Crippen molar-refractivity contribution in [3.8, 4) is 11.5 Å². The quantitative estimate of drug-likeness (QED) is 0.374. The van der Waals surface area contributed by atoms with Crippen LogP contribution in [0.1, 0.15) is 17.2 Å². The van der Waals surface area contributed by atoms with E-state index in [1.54, 1.807) is 12.1 Å². The number of benzene rings is 2. The van der Waals surface area contributed by atoms with Crippen molar-refractivity contribution in [3.63, 3.8) is 0 Å². The van der Waals surface area contributed by atoms with E-state index in [0.29, 0.717) is 12.1 Å². The lowest BCUT2D eigenvalue weighted by Crippen LogP contribution is -3.06. The Balaban J connectivity index is 2.16. The van der Waals surface area contributed by atoms with Crippen LogP contribution in [-0.2, 0) is 9.59 Å². The van der Waals surface area contributed by atoms with Crippen molar-refractivity contribution in [3.05, 3.63) is 65.0 Å². The third-order valence-electron chi connectivity index (χ3n) is 5.00. The molecule has 8 heteroatoms. The molecule has 0 spiro atoms.